The zero-order valence-corrected chi connectivity index (χ0v) is 13.2. The average Bonchev–Trinajstić information content (AvgIpc) is 3.01. The summed E-state index contributed by atoms with van der Waals surface area (Å²) < 4.78 is 0. The second kappa shape index (κ2) is 7.05. The highest BCUT2D eigenvalue weighted by Gasteiger charge is 2.35. The van der Waals surface area contributed by atoms with Crippen LogP contribution >= 0.6 is 11.3 Å². The van der Waals surface area contributed by atoms with Crippen molar-refractivity contribution < 1.29 is 9.90 Å². The van der Waals surface area contributed by atoms with Crippen LogP contribution in [-0.2, 0) is 0 Å². The number of likely N-dealkylation sites (tertiary alicyclic amines) is 1. The second-order valence-corrected chi connectivity index (χ2v) is 6.35. The highest BCUT2D eigenvalue weighted by molar-refractivity contribution is 7.12. The van der Waals surface area contributed by atoms with Crippen molar-refractivity contribution in [2.45, 2.75) is 18.6 Å². The molecule has 2 atom stereocenters. The number of carbonyl (C=O) groups excluding carboxylic acids is 1. The molecule has 1 aromatic rings. The summed E-state index contributed by atoms with van der Waals surface area (Å²) in [6.07, 6.45) is 0.177. The fraction of sp³-hybridized carbons (Fsp3) is 0.533. The Bertz CT molecular complexity index is 559. The van der Waals surface area contributed by atoms with E-state index in [9.17, 15) is 9.90 Å². The number of hydrogen-bond acceptors (Lipinski definition) is 5. The van der Waals surface area contributed by atoms with Crippen LogP contribution in [0.15, 0.2) is 11.4 Å². The predicted octanol–water partition coefficient (Wildman–Crippen LogP) is 0.195. The lowest BCUT2D eigenvalue weighted by atomic mass is 10.2. The number of amides is 1. The van der Waals surface area contributed by atoms with Gasteiger partial charge in [0.05, 0.1) is 12.6 Å². The van der Waals surface area contributed by atoms with Gasteiger partial charge in [-0.15, -0.1) is 11.3 Å². The maximum absolute atomic E-state index is 12.7. The first kappa shape index (κ1) is 16.0. The van der Waals surface area contributed by atoms with E-state index in [1.807, 2.05) is 30.4 Å². The number of thiophene rings is 1. The number of rotatable bonds is 3. The number of nitrogens with zero attached hydrogens (tertiary/aromatic N) is 2. The molecule has 1 saturated heterocycles. The third-order valence-corrected chi connectivity index (χ3v) is 4.32. The Morgan fingerprint density at radius 1 is 1.62 bits per heavy atom. The minimum Gasteiger partial charge on any atom is -0.391 e. The Balaban J connectivity index is 2.20. The van der Waals surface area contributed by atoms with Gasteiger partial charge >= 0.3 is 0 Å². The topological polar surface area (TPSA) is 69.8 Å². The van der Waals surface area contributed by atoms with Crippen molar-refractivity contribution in [1.82, 2.24) is 9.80 Å². The third kappa shape index (κ3) is 3.83. The van der Waals surface area contributed by atoms with E-state index in [2.05, 4.69) is 11.8 Å². The molecule has 0 saturated carbocycles. The summed E-state index contributed by atoms with van der Waals surface area (Å²) in [6.45, 7) is 1.41. The van der Waals surface area contributed by atoms with Crippen molar-refractivity contribution in [1.29, 1.82) is 0 Å². The van der Waals surface area contributed by atoms with Crippen LogP contribution in [0.25, 0.3) is 0 Å². The first-order valence-corrected chi connectivity index (χ1v) is 7.81. The van der Waals surface area contributed by atoms with Crippen LogP contribution in [0.2, 0.25) is 0 Å². The monoisotopic (exact) mass is 307 g/mol. The molecule has 1 amide bonds. The summed E-state index contributed by atoms with van der Waals surface area (Å²) in [5.41, 5.74) is 6.11. The van der Waals surface area contributed by atoms with Crippen LogP contribution < -0.4 is 5.73 Å². The van der Waals surface area contributed by atoms with Crippen LogP contribution in [-0.4, -0.2) is 66.7 Å². The Morgan fingerprint density at radius 3 is 3.05 bits per heavy atom. The normalized spacial score (nSPS) is 21.5. The molecular formula is C15H21N3O2S. The zero-order chi connectivity index (χ0) is 15.4. The van der Waals surface area contributed by atoms with Gasteiger partial charge in [0.1, 0.15) is 4.88 Å². The van der Waals surface area contributed by atoms with E-state index in [4.69, 9.17) is 5.73 Å². The van der Waals surface area contributed by atoms with Crippen molar-refractivity contribution >= 4 is 17.2 Å². The summed E-state index contributed by atoms with van der Waals surface area (Å²) in [4.78, 5) is 17.2. The number of hydrogen-bond donors (Lipinski definition) is 2. The minimum absolute atomic E-state index is 0.0416. The van der Waals surface area contributed by atoms with E-state index in [1.165, 1.54) is 11.3 Å². The van der Waals surface area contributed by atoms with Crippen molar-refractivity contribution in [2.75, 3.05) is 33.7 Å². The lowest BCUT2D eigenvalue weighted by molar-refractivity contribution is 0.0704. The molecule has 21 heavy (non-hydrogen) atoms. The molecule has 0 radical (unpaired) electrons. The molecule has 1 aromatic heterocycles. The van der Waals surface area contributed by atoms with E-state index in [-0.39, 0.29) is 18.5 Å². The van der Waals surface area contributed by atoms with Crippen LogP contribution in [0.5, 0.6) is 0 Å². The molecule has 2 unspecified atom stereocenters. The van der Waals surface area contributed by atoms with Crippen LogP contribution in [0.3, 0.4) is 0 Å². The summed E-state index contributed by atoms with van der Waals surface area (Å²) >= 11 is 1.39. The number of aliphatic hydroxyl groups is 1. The molecule has 2 heterocycles. The van der Waals surface area contributed by atoms with Crippen molar-refractivity contribution in [3.8, 4) is 11.8 Å². The van der Waals surface area contributed by atoms with Crippen LogP contribution in [0.4, 0.5) is 0 Å². The zero-order valence-electron chi connectivity index (χ0n) is 12.4. The average molecular weight is 307 g/mol. The fourth-order valence-corrected chi connectivity index (χ4v) is 3.39. The summed E-state index contributed by atoms with van der Waals surface area (Å²) in [5.74, 6) is 5.68. The van der Waals surface area contributed by atoms with Gasteiger partial charge in [-0.25, -0.2) is 0 Å². The minimum atomic E-state index is -0.447. The molecule has 2 rings (SSSR count). The van der Waals surface area contributed by atoms with E-state index in [0.29, 0.717) is 17.8 Å². The first-order chi connectivity index (χ1) is 10.0. The molecule has 1 aliphatic rings. The van der Waals surface area contributed by atoms with Gasteiger partial charge in [0, 0.05) is 24.7 Å². The second-order valence-electron chi connectivity index (χ2n) is 5.43. The summed E-state index contributed by atoms with van der Waals surface area (Å²) in [7, 11) is 3.94. The number of carbonyl (C=O) groups is 1. The van der Waals surface area contributed by atoms with Gasteiger partial charge in [-0.05, 0) is 32.0 Å². The molecule has 0 aliphatic carbocycles. The van der Waals surface area contributed by atoms with Gasteiger partial charge in [-0.2, -0.15) is 0 Å². The largest absolute Gasteiger partial charge is 0.391 e. The van der Waals surface area contributed by atoms with E-state index < -0.39 is 6.10 Å². The van der Waals surface area contributed by atoms with E-state index in [1.54, 1.807) is 4.90 Å². The van der Waals surface area contributed by atoms with Crippen LogP contribution in [0.1, 0.15) is 21.7 Å². The molecular weight excluding hydrogens is 286 g/mol. The SMILES string of the molecule is CN(C)CC1CC(O)CN1C(=O)c1sccc1C#CCN. The highest BCUT2D eigenvalue weighted by atomic mass is 32.1. The molecule has 0 aromatic carbocycles. The smallest absolute Gasteiger partial charge is 0.265 e. The maximum atomic E-state index is 12.7. The van der Waals surface area contributed by atoms with Crippen LogP contribution in [0, 0.1) is 11.8 Å². The summed E-state index contributed by atoms with van der Waals surface area (Å²) in [6, 6.07) is 1.88. The summed E-state index contributed by atoms with van der Waals surface area (Å²) in [5, 5.41) is 11.7. The standard InChI is InChI=1S/C15H21N3O2S/c1-17(2)9-12-8-13(19)10-18(12)15(20)14-11(4-3-6-16)5-7-21-14/h5,7,12-13,19H,6,8-10,16H2,1-2H3. The van der Waals surface area contributed by atoms with E-state index >= 15 is 0 Å². The molecule has 0 spiro atoms. The Kier molecular flexibility index (Phi) is 5.37. The van der Waals surface area contributed by atoms with Gasteiger partial charge < -0.3 is 20.6 Å². The number of aliphatic hydroxyl groups excluding tert-OH is 1. The van der Waals surface area contributed by atoms with Crippen molar-refractivity contribution in [2.24, 2.45) is 5.73 Å². The molecule has 3 N–H and O–H groups in total. The van der Waals surface area contributed by atoms with Gasteiger partial charge in [0.25, 0.3) is 5.91 Å². The van der Waals surface area contributed by atoms with Gasteiger partial charge in [0.2, 0.25) is 0 Å². The fourth-order valence-electron chi connectivity index (χ4n) is 2.59. The Labute approximate surface area is 129 Å². The Hall–Kier alpha value is -1.39. The quantitative estimate of drug-likeness (QED) is 0.783. The van der Waals surface area contributed by atoms with Crippen molar-refractivity contribution in [3.63, 3.8) is 0 Å². The molecule has 114 valence electrons. The molecule has 5 nitrogen and oxygen atoms in total. The first-order valence-electron chi connectivity index (χ1n) is 6.93. The molecule has 6 heteroatoms. The van der Waals surface area contributed by atoms with E-state index in [0.717, 1.165) is 12.1 Å². The van der Waals surface area contributed by atoms with Gasteiger partial charge in [-0.3, -0.25) is 4.79 Å². The molecule has 0 bridgehead atoms. The third-order valence-electron chi connectivity index (χ3n) is 3.41. The van der Waals surface area contributed by atoms with Gasteiger partial charge in [-0.1, -0.05) is 11.8 Å². The highest BCUT2D eigenvalue weighted by Crippen LogP contribution is 2.25. The maximum Gasteiger partial charge on any atom is 0.265 e. The number of likely N-dealkylation sites (N-methyl/N-ethyl adjacent to an activating group) is 1. The Morgan fingerprint density at radius 2 is 2.38 bits per heavy atom. The lowest BCUT2D eigenvalue weighted by Crippen LogP contribution is -2.41. The van der Waals surface area contributed by atoms with Crippen molar-refractivity contribution in [3.05, 3.63) is 21.9 Å². The predicted molar refractivity (Wildman–Crippen MR) is 84.3 cm³/mol. The lowest BCUT2D eigenvalue weighted by Gasteiger charge is -2.26. The number of β-amino-alcohol motifs (C(OH)–C–C–N with tert-alkyl or cyclic N) is 1. The molecule has 1 fully saturated rings. The van der Waals surface area contributed by atoms with Gasteiger partial charge in [0.15, 0.2) is 0 Å². The number of nitrogens with two attached hydrogens (primary N) is 1. The molecule has 1 aliphatic heterocycles.